The van der Waals surface area contributed by atoms with Crippen molar-refractivity contribution in [1.82, 2.24) is 0 Å². The molecule has 1 aromatic carbocycles. The SMILES string of the molecule is CCCCCCC1(C(=O)O)CCCC1OC(=O)c1ccccc1. The molecule has 1 N–H and O–H groups in total. The fourth-order valence-corrected chi connectivity index (χ4v) is 3.49. The van der Waals surface area contributed by atoms with Crippen LogP contribution in [-0.2, 0) is 9.53 Å². The number of aliphatic carboxylic acids is 1. The van der Waals surface area contributed by atoms with Crippen LogP contribution in [0.3, 0.4) is 0 Å². The van der Waals surface area contributed by atoms with Crippen LogP contribution in [0.15, 0.2) is 30.3 Å². The van der Waals surface area contributed by atoms with E-state index in [9.17, 15) is 14.7 Å². The lowest BCUT2D eigenvalue weighted by atomic mass is 9.79. The van der Waals surface area contributed by atoms with Crippen molar-refractivity contribution in [1.29, 1.82) is 0 Å². The molecule has 2 unspecified atom stereocenters. The highest BCUT2D eigenvalue weighted by Gasteiger charge is 2.51. The summed E-state index contributed by atoms with van der Waals surface area (Å²) in [6.07, 6.45) is 6.25. The van der Waals surface area contributed by atoms with Crippen molar-refractivity contribution in [2.24, 2.45) is 5.41 Å². The van der Waals surface area contributed by atoms with Crippen LogP contribution in [0.1, 0.15) is 68.6 Å². The molecule has 0 spiro atoms. The smallest absolute Gasteiger partial charge is 0.338 e. The van der Waals surface area contributed by atoms with Gasteiger partial charge < -0.3 is 9.84 Å². The summed E-state index contributed by atoms with van der Waals surface area (Å²) in [7, 11) is 0. The Morgan fingerprint density at radius 3 is 2.61 bits per heavy atom. The predicted octanol–water partition coefficient (Wildman–Crippen LogP) is 4.44. The zero-order chi connectivity index (χ0) is 16.7. The first-order valence-corrected chi connectivity index (χ1v) is 8.59. The van der Waals surface area contributed by atoms with Gasteiger partial charge >= 0.3 is 11.9 Å². The van der Waals surface area contributed by atoms with E-state index in [-0.39, 0.29) is 0 Å². The van der Waals surface area contributed by atoms with E-state index in [1.54, 1.807) is 24.3 Å². The van der Waals surface area contributed by atoms with Gasteiger partial charge in [-0.15, -0.1) is 0 Å². The lowest BCUT2D eigenvalue weighted by molar-refractivity contribution is -0.155. The van der Waals surface area contributed by atoms with E-state index in [0.29, 0.717) is 24.8 Å². The first kappa shape index (κ1) is 17.5. The van der Waals surface area contributed by atoms with E-state index in [4.69, 9.17) is 4.74 Å². The Kier molecular flexibility index (Phi) is 6.20. The molecule has 2 atom stereocenters. The second-order valence-electron chi connectivity index (χ2n) is 6.42. The monoisotopic (exact) mass is 318 g/mol. The highest BCUT2D eigenvalue weighted by Crippen LogP contribution is 2.45. The van der Waals surface area contributed by atoms with Gasteiger partial charge in [0.1, 0.15) is 11.5 Å². The average Bonchev–Trinajstić information content (AvgIpc) is 2.96. The van der Waals surface area contributed by atoms with E-state index in [0.717, 1.165) is 32.1 Å². The molecule has 0 saturated heterocycles. The molecule has 0 aromatic heterocycles. The maximum Gasteiger partial charge on any atom is 0.338 e. The zero-order valence-electron chi connectivity index (χ0n) is 13.8. The minimum atomic E-state index is -0.905. The van der Waals surface area contributed by atoms with E-state index < -0.39 is 23.5 Å². The molecule has 23 heavy (non-hydrogen) atoms. The summed E-state index contributed by atoms with van der Waals surface area (Å²) >= 11 is 0. The fourth-order valence-electron chi connectivity index (χ4n) is 3.49. The number of hydrogen-bond acceptors (Lipinski definition) is 3. The summed E-state index contributed by atoms with van der Waals surface area (Å²) in [6.45, 7) is 2.13. The summed E-state index contributed by atoms with van der Waals surface area (Å²) in [4.78, 5) is 24.2. The van der Waals surface area contributed by atoms with Gasteiger partial charge in [-0.1, -0.05) is 50.8 Å². The van der Waals surface area contributed by atoms with Crippen LogP contribution in [0.4, 0.5) is 0 Å². The summed E-state index contributed by atoms with van der Waals surface area (Å²) < 4.78 is 5.61. The molecule has 1 aromatic rings. The number of esters is 1. The molecule has 1 fully saturated rings. The van der Waals surface area contributed by atoms with Crippen LogP contribution < -0.4 is 0 Å². The van der Waals surface area contributed by atoms with Gasteiger partial charge in [0, 0.05) is 0 Å². The van der Waals surface area contributed by atoms with E-state index in [1.165, 1.54) is 0 Å². The maximum absolute atomic E-state index is 12.3. The van der Waals surface area contributed by atoms with Gasteiger partial charge in [-0.05, 0) is 37.8 Å². The third-order valence-corrected chi connectivity index (χ3v) is 4.87. The largest absolute Gasteiger partial charge is 0.481 e. The molecule has 1 aliphatic carbocycles. The molecule has 2 rings (SSSR count). The minimum absolute atomic E-state index is 0.420. The number of carboxylic acid groups (broad SMARTS) is 1. The van der Waals surface area contributed by atoms with Crippen molar-refractivity contribution in [3.8, 4) is 0 Å². The molecular weight excluding hydrogens is 292 g/mol. The summed E-state index contributed by atoms with van der Waals surface area (Å²) in [5.74, 6) is -1.24. The predicted molar refractivity (Wildman–Crippen MR) is 88.3 cm³/mol. The molecule has 4 heteroatoms. The summed E-state index contributed by atoms with van der Waals surface area (Å²) in [6, 6.07) is 8.78. The Bertz CT molecular complexity index is 525. The second-order valence-corrected chi connectivity index (χ2v) is 6.42. The molecular formula is C19H26O4. The third kappa shape index (κ3) is 4.12. The Labute approximate surface area is 137 Å². The normalized spacial score (nSPS) is 23.6. The number of rotatable bonds is 8. The van der Waals surface area contributed by atoms with Gasteiger partial charge in [-0.3, -0.25) is 4.79 Å². The zero-order valence-corrected chi connectivity index (χ0v) is 13.8. The molecule has 0 aliphatic heterocycles. The van der Waals surface area contributed by atoms with Crippen LogP contribution in [0.5, 0.6) is 0 Å². The first-order chi connectivity index (χ1) is 11.1. The first-order valence-electron chi connectivity index (χ1n) is 8.59. The van der Waals surface area contributed by atoms with Crippen molar-refractivity contribution in [2.45, 2.75) is 64.4 Å². The molecule has 1 aliphatic rings. The number of unbranched alkanes of at least 4 members (excludes halogenated alkanes) is 3. The van der Waals surface area contributed by atoms with E-state index in [1.807, 2.05) is 6.07 Å². The second kappa shape index (κ2) is 8.14. The lowest BCUT2D eigenvalue weighted by Gasteiger charge is -2.31. The van der Waals surface area contributed by atoms with Gasteiger partial charge in [0.05, 0.1) is 5.56 Å². The van der Waals surface area contributed by atoms with E-state index in [2.05, 4.69) is 6.92 Å². The van der Waals surface area contributed by atoms with Crippen molar-refractivity contribution in [3.05, 3.63) is 35.9 Å². The van der Waals surface area contributed by atoms with Crippen LogP contribution in [0.2, 0.25) is 0 Å². The van der Waals surface area contributed by atoms with Crippen molar-refractivity contribution >= 4 is 11.9 Å². The Morgan fingerprint density at radius 2 is 1.96 bits per heavy atom. The van der Waals surface area contributed by atoms with Crippen LogP contribution in [-0.4, -0.2) is 23.1 Å². The topological polar surface area (TPSA) is 63.6 Å². The lowest BCUT2D eigenvalue weighted by Crippen LogP contribution is -2.41. The van der Waals surface area contributed by atoms with Gasteiger partial charge in [-0.25, -0.2) is 4.79 Å². The van der Waals surface area contributed by atoms with Gasteiger partial charge in [0.25, 0.3) is 0 Å². The van der Waals surface area contributed by atoms with Gasteiger partial charge in [0.15, 0.2) is 0 Å². The number of carboxylic acids is 1. The summed E-state index contributed by atoms with van der Waals surface area (Å²) in [5, 5.41) is 9.78. The van der Waals surface area contributed by atoms with Crippen molar-refractivity contribution < 1.29 is 19.4 Å². The van der Waals surface area contributed by atoms with E-state index >= 15 is 0 Å². The van der Waals surface area contributed by atoms with Crippen molar-refractivity contribution in [3.63, 3.8) is 0 Å². The highest BCUT2D eigenvalue weighted by atomic mass is 16.5. The minimum Gasteiger partial charge on any atom is -0.481 e. The quantitative estimate of drug-likeness (QED) is 0.568. The molecule has 4 nitrogen and oxygen atoms in total. The van der Waals surface area contributed by atoms with Crippen LogP contribution >= 0.6 is 0 Å². The molecule has 126 valence electrons. The third-order valence-electron chi connectivity index (χ3n) is 4.87. The standard InChI is InChI=1S/C19H26O4/c1-2-3-4-8-13-19(18(21)22)14-9-12-16(19)23-17(20)15-10-6-5-7-11-15/h5-7,10-11,16H,2-4,8-9,12-14H2,1H3,(H,21,22). The Hall–Kier alpha value is -1.84. The average molecular weight is 318 g/mol. The number of carbonyl (C=O) groups excluding carboxylic acids is 1. The maximum atomic E-state index is 12.3. The molecule has 1 saturated carbocycles. The van der Waals surface area contributed by atoms with Crippen LogP contribution in [0.25, 0.3) is 0 Å². The number of hydrogen-bond donors (Lipinski definition) is 1. The van der Waals surface area contributed by atoms with Crippen LogP contribution in [0, 0.1) is 5.41 Å². The molecule has 0 amide bonds. The highest BCUT2D eigenvalue weighted by molar-refractivity contribution is 5.90. The molecule has 0 heterocycles. The Balaban J connectivity index is 2.06. The van der Waals surface area contributed by atoms with Gasteiger partial charge in [0.2, 0.25) is 0 Å². The summed E-state index contributed by atoms with van der Waals surface area (Å²) in [5.41, 5.74) is -0.428. The number of carbonyl (C=O) groups is 2. The van der Waals surface area contributed by atoms with Gasteiger partial charge in [-0.2, -0.15) is 0 Å². The van der Waals surface area contributed by atoms with Crippen molar-refractivity contribution in [2.75, 3.05) is 0 Å². The number of benzene rings is 1. The Morgan fingerprint density at radius 1 is 1.22 bits per heavy atom. The fraction of sp³-hybridized carbons (Fsp3) is 0.579. The molecule has 0 radical (unpaired) electrons. The molecule has 0 bridgehead atoms. The number of ether oxygens (including phenoxy) is 1.